The summed E-state index contributed by atoms with van der Waals surface area (Å²) in [6.07, 6.45) is -4.63. The second-order valence-corrected chi connectivity index (χ2v) is 4.48. The number of hydrogen-bond acceptors (Lipinski definition) is 2. The van der Waals surface area contributed by atoms with E-state index < -0.39 is 30.2 Å². The summed E-state index contributed by atoms with van der Waals surface area (Å²) in [6, 6.07) is 1.95. The van der Waals surface area contributed by atoms with Gasteiger partial charge in [-0.3, -0.25) is 0 Å². The van der Waals surface area contributed by atoms with Crippen LogP contribution in [0.15, 0.2) is 17.5 Å². The lowest BCUT2D eigenvalue weighted by Crippen LogP contribution is -2.20. The van der Waals surface area contributed by atoms with E-state index in [0.717, 1.165) is 17.7 Å². The summed E-state index contributed by atoms with van der Waals surface area (Å²) < 4.78 is 66.7. The van der Waals surface area contributed by atoms with Crippen LogP contribution in [0.2, 0.25) is 0 Å². The molecule has 1 aromatic carbocycles. The van der Waals surface area contributed by atoms with Gasteiger partial charge >= 0.3 is 6.18 Å². The van der Waals surface area contributed by atoms with Gasteiger partial charge in [-0.15, -0.1) is 11.8 Å². The molecule has 0 spiro atoms. The standard InChI is InChI=1S/C11H7F5OS/c12-8-1-6(7-3-18-4-7)2-9(13)10(8)17-5-11(14,15)16/h1-3H,4-5H2. The third kappa shape index (κ3) is 2.95. The molecular formula is C11H7F5OS. The quantitative estimate of drug-likeness (QED) is 0.775. The minimum Gasteiger partial charge on any atom is -0.478 e. The molecule has 1 heterocycles. The van der Waals surface area contributed by atoms with Gasteiger partial charge in [0.05, 0.1) is 0 Å². The fraction of sp³-hybridized carbons (Fsp3) is 0.273. The molecule has 0 fully saturated rings. The van der Waals surface area contributed by atoms with Gasteiger partial charge in [-0.2, -0.15) is 13.2 Å². The SMILES string of the molecule is Fc1cc(C2=CSC2)cc(F)c1OCC(F)(F)F. The molecule has 0 N–H and O–H groups in total. The molecule has 1 aromatic rings. The van der Waals surface area contributed by atoms with E-state index in [1.54, 1.807) is 5.41 Å². The molecule has 0 bridgehead atoms. The zero-order valence-electron chi connectivity index (χ0n) is 8.85. The highest BCUT2D eigenvalue weighted by molar-refractivity contribution is 8.04. The van der Waals surface area contributed by atoms with E-state index >= 15 is 0 Å². The largest absolute Gasteiger partial charge is 0.478 e. The Hall–Kier alpha value is -1.24. The maximum absolute atomic E-state index is 13.4. The van der Waals surface area contributed by atoms with Gasteiger partial charge in [0.25, 0.3) is 0 Å². The highest BCUT2D eigenvalue weighted by atomic mass is 32.2. The second kappa shape index (κ2) is 4.79. The molecule has 0 aliphatic carbocycles. The molecular weight excluding hydrogens is 275 g/mol. The average molecular weight is 282 g/mol. The van der Waals surface area contributed by atoms with Crippen molar-refractivity contribution in [2.24, 2.45) is 0 Å². The van der Waals surface area contributed by atoms with E-state index in [4.69, 9.17) is 0 Å². The molecule has 0 amide bonds. The number of thioether (sulfide) groups is 1. The summed E-state index contributed by atoms with van der Waals surface area (Å²) in [6.45, 7) is -1.72. The van der Waals surface area contributed by atoms with Crippen LogP contribution in [0, 0.1) is 11.6 Å². The molecule has 1 nitrogen and oxygen atoms in total. The Morgan fingerprint density at radius 3 is 2.11 bits per heavy atom. The van der Waals surface area contributed by atoms with E-state index in [2.05, 4.69) is 4.74 Å². The zero-order chi connectivity index (χ0) is 13.3. The van der Waals surface area contributed by atoms with Crippen LogP contribution in [0.25, 0.3) is 5.57 Å². The van der Waals surface area contributed by atoms with E-state index in [1.807, 2.05) is 0 Å². The Morgan fingerprint density at radius 1 is 1.17 bits per heavy atom. The molecule has 0 atom stereocenters. The molecule has 0 saturated carbocycles. The second-order valence-electron chi connectivity index (χ2n) is 3.63. The van der Waals surface area contributed by atoms with Crippen molar-refractivity contribution in [3.63, 3.8) is 0 Å². The van der Waals surface area contributed by atoms with Crippen molar-refractivity contribution in [2.45, 2.75) is 6.18 Å². The molecule has 2 rings (SSSR count). The van der Waals surface area contributed by atoms with E-state index in [0.29, 0.717) is 11.3 Å². The van der Waals surface area contributed by atoms with Crippen LogP contribution in [-0.4, -0.2) is 18.5 Å². The monoisotopic (exact) mass is 282 g/mol. The molecule has 0 aromatic heterocycles. The topological polar surface area (TPSA) is 9.23 Å². The predicted molar refractivity (Wildman–Crippen MR) is 58.3 cm³/mol. The number of hydrogen-bond donors (Lipinski definition) is 0. The van der Waals surface area contributed by atoms with Gasteiger partial charge in [0.1, 0.15) is 0 Å². The Bertz CT molecular complexity index is 472. The minimum atomic E-state index is -4.63. The molecule has 98 valence electrons. The van der Waals surface area contributed by atoms with Crippen molar-refractivity contribution in [3.05, 3.63) is 34.7 Å². The van der Waals surface area contributed by atoms with Crippen LogP contribution in [0.4, 0.5) is 22.0 Å². The van der Waals surface area contributed by atoms with Crippen molar-refractivity contribution in [1.29, 1.82) is 0 Å². The lowest BCUT2D eigenvalue weighted by Gasteiger charge is -2.16. The van der Waals surface area contributed by atoms with Gasteiger partial charge in [-0.05, 0) is 28.7 Å². The summed E-state index contributed by atoms with van der Waals surface area (Å²) in [7, 11) is 0. The molecule has 1 aliphatic heterocycles. The highest BCUT2D eigenvalue weighted by Gasteiger charge is 2.30. The van der Waals surface area contributed by atoms with Crippen LogP contribution < -0.4 is 4.74 Å². The van der Waals surface area contributed by atoms with Crippen LogP contribution in [0.5, 0.6) is 5.75 Å². The van der Waals surface area contributed by atoms with Gasteiger partial charge < -0.3 is 4.74 Å². The Morgan fingerprint density at radius 2 is 1.72 bits per heavy atom. The van der Waals surface area contributed by atoms with Gasteiger partial charge in [0.15, 0.2) is 24.0 Å². The maximum Gasteiger partial charge on any atom is 0.422 e. The third-order valence-corrected chi connectivity index (χ3v) is 3.14. The lowest BCUT2D eigenvalue weighted by molar-refractivity contribution is -0.154. The summed E-state index contributed by atoms with van der Waals surface area (Å²) in [5.41, 5.74) is 1.07. The average Bonchev–Trinajstić information content (AvgIpc) is 2.11. The van der Waals surface area contributed by atoms with Crippen molar-refractivity contribution < 1.29 is 26.7 Å². The number of halogens is 5. The predicted octanol–water partition coefficient (Wildman–Crippen LogP) is 3.99. The first-order valence-corrected chi connectivity index (χ1v) is 5.91. The Kier molecular flexibility index (Phi) is 3.52. The summed E-state index contributed by atoms with van der Waals surface area (Å²) in [5.74, 6) is -2.63. The summed E-state index contributed by atoms with van der Waals surface area (Å²) in [5, 5.41) is 1.73. The van der Waals surface area contributed by atoms with Crippen LogP contribution in [0.1, 0.15) is 5.56 Å². The van der Waals surface area contributed by atoms with Gasteiger partial charge in [0.2, 0.25) is 0 Å². The summed E-state index contributed by atoms with van der Waals surface area (Å²) in [4.78, 5) is 0. The molecule has 0 unspecified atom stereocenters. The number of benzene rings is 1. The minimum absolute atomic E-state index is 0.322. The van der Waals surface area contributed by atoms with Gasteiger partial charge in [-0.25, -0.2) is 8.78 Å². The van der Waals surface area contributed by atoms with E-state index in [-0.39, 0.29) is 0 Å². The first-order chi connectivity index (χ1) is 8.37. The highest BCUT2D eigenvalue weighted by Crippen LogP contribution is 2.35. The van der Waals surface area contributed by atoms with Crippen LogP contribution >= 0.6 is 11.8 Å². The molecule has 1 aliphatic rings. The van der Waals surface area contributed by atoms with Crippen LogP contribution in [0.3, 0.4) is 0 Å². The van der Waals surface area contributed by atoms with Crippen molar-refractivity contribution in [2.75, 3.05) is 12.4 Å². The van der Waals surface area contributed by atoms with Gasteiger partial charge in [-0.1, -0.05) is 0 Å². The number of alkyl halides is 3. The first kappa shape index (κ1) is 13.2. The Labute approximate surface area is 104 Å². The first-order valence-electron chi connectivity index (χ1n) is 4.86. The van der Waals surface area contributed by atoms with E-state index in [1.165, 1.54) is 11.8 Å². The fourth-order valence-corrected chi connectivity index (χ4v) is 1.99. The van der Waals surface area contributed by atoms with Crippen molar-refractivity contribution in [1.82, 2.24) is 0 Å². The molecule has 0 saturated heterocycles. The van der Waals surface area contributed by atoms with Crippen LogP contribution in [-0.2, 0) is 0 Å². The Balaban J connectivity index is 2.21. The zero-order valence-corrected chi connectivity index (χ0v) is 9.67. The molecule has 18 heavy (non-hydrogen) atoms. The van der Waals surface area contributed by atoms with E-state index in [9.17, 15) is 22.0 Å². The fourth-order valence-electron chi connectivity index (χ4n) is 1.36. The number of rotatable bonds is 3. The van der Waals surface area contributed by atoms with Crippen molar-refractivity contribution in [3.8, 4) is 5.75 Å². The summed E-state index contributed by atoms with van der Waals surface area (Å²) >= 11 is 1.48. The molecule has 0 radical (unpaired) electrons. The number of ether oxygens (including phenoxy) is 1. The van der Waals surface area contributed by atoms with Gasteiger partial charge in [0, 0.05) is 5.75 Å². The smallest absolute Gasteiger partial charge is 0.422 e. The lowest BCUT2D eigenvalue weighted by atomic mass is 10.1. The van der Waals surface area contributed by atoms with Crippen molar-refractivity contribution >= 4 is 17.3 Å². The molecule has 7 heteroatoms. The third-order valence-electron chi connectivity index (χ3n) is 2.21. The normalized spacial score (nSPS) is 15.1. The maximum atomic E-state index is 13.4.